The molecule has 0 aliphatic carbocycles. The summed E-state index contributed by atoms with van der Waals surface area (Å²) in [4.78, 5) is 4.31. The molecule has 0 radical (unpaired) electrons. The van der Waals surface area contributed by atoms with E-state index in [-0.39, 0.29) is 0 Å². The van der Waals surface area contributed by atoms with E-state index in [0.29, 0.717) is 5.92 Å². The highest BCUT2D eigenvalue weighted by atomic mass is 16.5. The van der Waals surface area contributed by atoms with Gasteiger partial charge < -0.3 is 19.9 Å². The zero-order valence-corrected chi connectivity index (χ0v) is 14.8. The molecule has 3 rings (SSSR count). The van der Waals surface area contributed by atoms with Gasteiger partial charge >= 0.3 is 0 Å². The Hall–Kier alpha value is -1.63. The van der Waals surface area contributed by atoms with Crippen molar-refractivity contribution in [2.45, 2.75) is 51.5 Å². The molecule has 0 amide bonds. The van der Waals surface area contributed by atoms with Crippen molar-refractivity contribution in [2.24, 2.45) is 10.9 Å². The van der Waals surface area contributed by atoms with E-state index >= 15 is 0 Å². The van der Waals surface area contributed by atoms with Crippen LogP contribution in [0.3, 0.4) is 0 Å². The molecule has 0 atom stereocenters. The topological polar surface area (TPSA) is 76.4 Å². The number of rotatable bonds is 5. The molecule has 1 aromatic rings. The molecule has 0 bridgehead atoms. The van der Waals surface area contributed by atoms with E-state index in [9.17, 15) is 0 Å². The molecule has 2 N–H and O–H groups in total. The first-order valence-corrected chi connectivity index (χ1v) is 9.30. The zero-order valence-electron chi connectivity index (χ0n) is 14.8. The van der Waals surface area contributed by atoms with Gasteiger partial charge in [-0.25, -0.2) is 0 Å². The normalized spacial score (nSPS) is 19.6. The number of aryl methyl sites for hydroxylation is 1. The molecule has 7 nitrogen and oxygen atoms in total. The Morgan fingerprint density at radius 3 is 2.92 bits per heavy atom. The van der Waals surface area contributed by atoms with Gasteiger partial charge in [0.15, 0.2) is 5.96 Å². The third kappa shape index (κ3) is 4.69. The fraction of sp³-hybridized carbons (Fsp3) is 0.824. The molecule has 0 saturated carbocycles. The maximum absolute atomic E-state index is 5.40. The molecule has 2 aliphatic heterocycles. The van der Waals surface area contributed by atoms with Crippen LogP contribution in [0.4, 0.5) is 0 Å². The Balaban J connectivity index is 1.42. The van der Waals surface area contributed by atoms with E-state index in [1.165, 1.54) is 19.3 Å². The van der Waals surface area contributed by atoms with Crippen molar-refractivity contribution in [3.63, 3.8) is 0 Å². The number of nitrogens with one attached hydrogen (secondary N) is 2. The minimum absolute atomic E-state index is 0.685. The molecular formula is C17H30N6O. The van der Waals surface area contributed by atoms with Crippen molar-refractivity contribution in [2.75, 3.05) is 33.4 Å². The van der Waals surface area contributed by atoms with Crippen molar-refractivity contribution in [3.8, 4) is 0 Å². The fourth-order valence-corrected chi connectivity index (χ4v) is 3.44. The van der Waals surface area contributed by atoms with Gasteiger partial charge in [-0.2, -0.15) is 0 Å². The predicted molar refractivity (Wildman–Crippen MR) is 94.2 cm³/mol. The molecule has 0 spiro atoms. The maximum Gasteiger partial charge on any atom is 0.190 e. The number of hydrogen-bond donors (Lipinski definition) is 2. The maximum atomic E-state index is 5.40. The number of nitrogens with zero attached hydrogens (tertiary/aromatic N) is 4. The van der Waals surface area contributed by atoms with Gasteiger partial charge in [0.1, 0.15) is 11.6 Å². The number of hydrogen-bond acceptors (Lipinski definition) is 4. The van der Waals surface area contributed by atoms with Gasteiger partial charge in [-0.15, -0.1) is 10.2 Å². The van der Waals surface area contributed by atoms with Crippen LogP contribution in [0.1, 0.15) is 43.8 Å². The van der Waals surface area contributed by atoms with Gasteiger partial charge in [-0.3, -0.25) is 4.99 Å². The molecule has 24 heavy (non-hydrogen) atoms. The van der Waals surface area contributed by atoms with Crippen LogP contribution in [-0.4, -0.2) is 54.1 Å². The van der Waals surface area contributed by atoms with Crippen LogP contribution >= 0.6 is 0 Å². The number of aliphatic imine (C=N–C) groups is 1. The van der Waals surface area contributed by atoms with Crippen LogP contribution in [-0.2, 0) is 24.1 Å². The molecule has 134 valence electrons. The average molecular weight is 334 g/mol. The minimum Gasteiger partial charge on any atom is -0.381 e. The molecule has 3 heterocycles. The Morgan fingerprint density at radius 1 is 1.21 bits per heavy atom. The first kappa shape index (κ1) is 17.2. The summed E-state index contributed by atoms with van der Waals surface area (Å²) in [5.41, 5.74) is 0. The monoisotopic (exact) mass is 334 g/mol. The van der Waals surface area contributed by atoms with Gasteiger partial charge in [0.2, 0.25) is 0 Å². The number of ether oxygens (including phenoxy) is 1. The van der Waals surface area contributed by atoms with Crippen LogP contribution < -0.4 is 10.6 Å². The van der Waals surface area contributed by atoms with Crippen LogP contribution in [0.25, 0.3) is 0 Å². The van der Waals surface area contributed by atoms with E-state index in [2.05, 4.69) is 30.4 Å². The van der Waals surface area contributed by atoms with Crippen molar-refractivity contribution in [1.29, 1.82) is 0 Å². The first-order chi connectivity index (χ1) is 11.9. The lowest BCUT2D eigenvalue weighted by atomic mass is 10.0. The summed E-state index contributed by atoms with van der Waals surface area (Å²) in [6.07, 6.45) is 7.98. The van der Waals surface area contributed by atoms with Crippen LogP contribution in [0, 0.1) is 5.92 Å². The first-order valence-electron chi connectivity index (χ1n) is 9.30. The van der Waals surface area contributed by atoms with Crippen LogP contribution in [0.2, 0.25) is 0 Å². The number of aromatic nitrogens is 3. The molecule has 1 saturated heterocycles. The van der Waals surface area contributed by atoms with E-state index in [1.807, 2.05) is 7.05 Å². The Bertz CT molecular complexity index is 535. The lowest BCUT2D eigenvalue weighted by Crippen LogP contribution is -2.41. The summed E-state index contributed by atoms with van der Waals surface area (Å²) >= 11 is 0. The summed E-state index contributed by atoms with van der Waals surface area (Å²) in [6.45, 7) is 4.62. The highest BCUT2D eigenvalue weighted by Gasteiger charge is 2.15. The predicted octanol–water partition coefficient (Wildman–Crippen LogP) is 1.14. The molecule has 1 fully saturated rings. The zero-order chi connectivity index (χ0) is 16.6. The quantitative estimate of drug-likeness (QED) is 0.624. The molecule has 2 aliphatic rings. The van der Waals surface area contributed by atoms with Crippen molar-refractivity contribution >= 4 is 5.96 Å². The third-order valence-electron chi connectivity index (χ3n) is 4.95. The fourth-order valence-electron chi connectivity index (χ4n) is 3.44. The third-order valence-corrected chi connectivity index (χ3v) is 4.95. The summed E-state index contributed by atoms with van der Waals surface area (Å²) in [5.74, 6) is 3.81. The van der Waals surface area contributed by atoms with Gasteiger partial charge in [0.05, 0.1) is 0 Å². The summed E-state index contributed by atoms with van der Waals surface area (Å²) in [7, 11) is 1.82. The van der Waals surface area contributed by atoms with E-state index in [0.717, 1.165) is 76.1 Å². The van der Waals surface area contributed by atoms with Crippen molar-refractivity contribution < 1.29 is 4.74 Å². The van der Waals surface area contributed by atoms with E-state index < -0.39 is 0 Å². The molecule has 0 unspecified atom stereocenters. The number of fused-ring (bicyclic) bond motifs is 1. The summed E-state index contributed by atoms with van der Waals surface area (Å²) in [5, 5.41) is 15.6. The summed E-state index contributed by atoms with van der Waals surface area (Å²) < 4.78 is 7.72. The standard InChI is InChI=1S/C17H30N6O/c1-18-17(20-13-14-7-11-24-12-8-14)19-9-6-16-22-21-15-5-3-2-4-10-23(15)16/h14H,2-13H2,1H3,(H2,18,19,20). The lowest BCUT2D eigenvalue weighted by molar-refractivity contribution is 0.0675. The highest BCUT2D eigenvalue weighted by Crippen LogP contribution is 2.14. The van der Waals surface area contributed by atoms with E-state index in [1.54, 1.807) is 0 Å². The average Bonchev–Trinajstić information content (AvgIpc) is 2.85. The van der Waals surface area contributed by atoms with Gasteiger partial charge in [0.25, 0.3) is 0 Å². The summed E-state index contributed by atoms with van der Waals surface area (Å²) in [6, 6.07) is 0. The molecule has 0 aromatic carbocycles. The van der Waals surface area contributed by atoms with Crippen molar-refractivity contribution in [3.05, 3.63) is 11.6 Å². The second-order valence-corrected chi connectivity index (χ2v) is 6.68. The number of guanidine groups is 1. The van der Waals surface area contributed by atoms with Crippen LogP contribution in [0.5, 0.6) is 0 Å². The second-order valence-electron chi connectivity index (χ2n) is 6.68. The lowest BCUT2D eigenvalue weighted by Gasteiger charge is -2.23. The van der Waals surface area contributed by atoms with E-state index in [4.69, 9.17) is 4.74 Å². The van der Waals surface area contributed by atoms with Gasteiger partial charge in [-0.1, -0.05) is 6.42 Å². The Kier molecular flexibility index (Phi) is 6.46. The molecule has 7 heteroatoms. The second kappa shape index (κ2) is 9.01. The SMILES string of the molecule is CN=C(NCCc1nnc2n1CCCCC2)NCC1CCOCC1. The van der Waals surface area contributed by atoms with Gasteiger partial charge in [-0.05, 0) is 31.6 Å². The van der Waals surface area contributed by atoms with Crippen molar-refractivity contribution in [1.82, 2.24) is 25.4 Å². The Labute approximate surface area is 144 Å². The minimum atomic E-state index is 0.685. The molecular weight excluding hydrogens is 304 g/mol. The Morgan fingerprint density at radius 2 is 2.08 bits per heavy atom. The van der Waals surface area contributed by atoms with Gasteiger partial charge in [0, 0.05) is 52.7 Å². The highest BCUT2D eigenvalue weighted by molar-refractivity contribution is 5.79. The largest absolute Gasteiger partial charge is 0.381 e. The smallest absolute Gasteiger partial charge is 0.190 e. The van der Waals surface area contributed by atoms with Crippen LogP contribution in [0.15, 0.2) is 4.99 Å². The molecule has 1 aromatic heterocycles.